The number of hydrogen-bond acceptors (Lipinski definition) is 3. The molecule has 0 aromatic carbocycles. The first kappa shape index (κ1) is 11.1. The van der Waals surface area contributed by atoms with Gasteiger partial charge in [-0.3, -0.25) is 13.9 Å². The molecule has 0 aliphatic heterocycles. The predicted octanol–water partition coefficient (Wildman–Crippen LogP) is 1.65. The van der Waals surface area contributed by atoms with E-state index >= 15 is 0 Å². The zero-order valence-electron chi connectivity index (χ0n) is 9.77. The Morgan fingerprint density at radius 1 is 1.31 bits per heavy atom. The minimum absolute atomic E-state index is 0.0554. The van der Waals surface area contributed by atoms with E-state index in [1.807, 2.05) is 26.8 Å². The van der Waals surface area contributed by atoms with Crippen LogP contribution in [-0.4, -0.2) is 9.13 Å². The molecule has 2 aromatic heterocycles. The Labute approximate surface area is 96.8 Å². The lowest BCUT2D eigenvalue weighted by atomic mass is 10.3. The van der Waals surface area contributed by atoms with E-state index in [1.165, 1.54) is 23.0 Å². The molecule has 0 aliphatic rings. The Balaban J connectivity index is 3.09. The van der Waals surface area contributed by atoms with Crippen molar-refractivity contribution in [3.63, 3.8) is 0 Å². The summed E-state index contributed by atoms with van der Waals surface area (Å²) in [7, 11) is 1.52. The van der Waals surface area contributed by atoms with E-state index in [4.69, 9.17) is 0 Å². The van der Waals surface area contributed by atoms with E-state index in [9.17, 15) is 9.59 Å². The van der Waals surface area contributed by atoms with E-state index < -0.39 is 0 Å². The summed E-state index contributed by atoms with van der Waals surface area (Å²) in [5, 5.41) is 0.637. The Kier molecular flexibility index (Phi) is 2.50. The van der Waals surface area contributed by atoms with Crippen LogP contribution in [0.15, 0.2) is 15.7 Å². The number of aryl methyl sites for hydroxylation is 1. The van der Waals surface area contributed by atoms with Gasteiger partial charge in [-0.1, -0.05) is 0 Å². The molecule has 0 aliphatic carbocycles. The van der Waals surface area contributed by atoms with Crippen LogP contribution in [0.2, 0.25) is 0 Å². The van der Waals surface area contributed by atoms with Gasteiger partial charge in [0.15, 0.2) is 0 Å². The van der Waals surface area contributed by atoms with Gasteiger partial charge in [-0.05, 0) is 26.8 Å². The predicted molar refractivity (Wildman–Crippen MR) is 66.4 cm³/mol. The van der Waals surface area contributed by atoms with Gasteiger partial charge in [0.25, 0.3) is 5.56 Å². The SMILES string of the molecule is Cc1cc2c(=O)n(C)c(=O)n(C(C)C)c2s1. The molecule has 0 saturated heterocycles. The van der Waals surface area contributed by atoms with Crippen LogP contribution in [-0.2, 0) is 7.05 Å². The molecule has 0 saturated carbocycles. The van der Waals surface area contributed by atoms with E-state index in [1.54, 1.807) is 4.57 Å². The summed E-state index contributed by atoms with van der Waals surface area (Å²) in [5.41, 5.74) is -0.449. The maximum Gasteiger partial charge on any atom is 0.332 e. The number of thiophene rings is 1. The van der Waals surface area contributed by atoms with Gasteiger partial charge in [0.1, 0.15) is 4.83 Å². The summed E-state index contributed by atoms with van der Waals surface area (Å²) in [5.74, 6) is 0. The van der Waals surface area contributed by atoms with Crippen molar-refractivity contribution in [2.45, 2.75) is 26.8 Å². The number of aromatic nitrogens is 2. The molecule has 0 radical (unpaired) electrons. The fourth-order valence-corrected chi connectivity index (χ4v) is 2.93. The minimum atomic E-state index is -0.241. The van der Waals surface area contributed by atoms with Crippen molar-refractivity contribution >= 4 is 21.6 Å². The highest BCUT2D eigenvalue weighted by molar-refractivity contribution is 7.18. The molecule has 0 unspecified atom stereocenters. The van der Waals surface area contributed by atoms with Crippen molar-refractivity contribution in [1.82, 2.24) is 9.13 Å². The van der Waals surface area contributed by atoms with Gasteiger partial charge in [-0.2, -0.15) is 0 Å². The number of hydrogen-bond donors (Lipinski definition) is 0. The van der Waals surface area contributed by atoms with Crippen LogP contribution in [0.3, 0.4) is 0 Å². The summed E-state index contributed by atoms with van der Waals surface area (Å²) in [6.07, 6.45) is 0. The van der Waals surface area contributed by atoms with Gasteiger partial charge in [-0.25, -0.2) is 4.79 Å². The van der Waals surface area contributed by atoms with Gasteiger partial charge in [0.2, 0.25) is 0 Å². The fraction of sp³-hybridized carbons (Fsp3) is 0.455. The number of nitrogens with zero attached hydrogens (tertiary/aromatic N) is 2. The molecule has 0 amide bonds. The second-order valence-electron chi connectivity index (χ2n) is 4.19. The normalized spacial score (nSPS) is 11.6. The molecule has 5 heteroatoms. The van der Waals surface area contributed by atoms with Crippen LogP contribution in [0.25, 0.3) is 10.2 Å². The molecule has 0 atom stereocenters. The third-order valence-electron chi connectivity index (χ3n) is 2.60. The van der Waals surface area contributed by atoms with Gasteiger partial charge in [0.05, 0.1) is 5.39 Å². The van der Waals surface area contributed by atoms with E-state index in [-0.39, 0.29) is 17.3 Å². The largest absolute Gasteiger partial charge is 0.332 e. The third-order valence-corrected chi connectivity index (χ3v) is 3.65. The Bertz CT molecular complexity index is 661. The van der Waals surface area contributed by atoms with Crippen molar-refractivity contribution in [1.29, 1.82) is 0 Å². The molecule has 4 nitrogen and oxygen atoms in total. The molecule has 2 rings (SSSR count). The van der Waals surface area contributed by atoms with Gasteiger partial charge in [-0.15, -0.1) is 11.3 Å². The van der Waals surface area contributed by atoms with E-state index in [0.717, 1.165) is 9.71 Å². The highest BCUT2D eigenvalue weighted by Gasteiger charge is 2.14. The van der Waals surface area contributed by atoms with Crippen molar-refractivity contribution in [2.24, 2.45) is 7.05 Å². The van der Waals surface area contributed by atoms with Crippen LogP contribution in [0.1, 0.15) is 24.8 Å². The zero-order valence-corrected chi connectivity index (χ0v) is 10.6. The first-order valence-corrected chi connectivity index (χ1v) is 5.96. The summed E-state index contributed by atoms with van der Waals surface area (Å²) in [6, 6.07) is 1.90. The lowest BCUT2D eigenvalue weighted by Gasteiger charge is -2.12. The average molecular weight is 238 g/mol. The molecule has 16 heavy (non-hydrogen) atoms. The summed E-state index contributed by atoms with van der Waals surface area (Å²) in [6.45, 7) is 5.83. The van der Waals surface area contributed by atoms with Crippen LogP contribution >= 0.6 is 11.3 Å². The van der Waals surface area contributed by atoms with Crippen LogP contribution in [0.4, 0.5) is 0 Å². The van der Waals surface area contributed by atoms with E-state index in [0.29, 0.717) is 5.39 Å². The smallest absolute Gasteiger partial charge is 0.282 e. The maximum atomic E-state index is 12.0. The van der Waals surface area contributed by atoms with Crippen molar-refractivity contribution in [2.75, 3.05) is 0 Å². The molecule has 86 valence electrons. The highest BCUT2D eigenvalue weighted by atomic mass is 32.1. The summed E-state index contributed by atoms with van der Waals surface area (Å²) < 4.78 is 2.85. The lowest BCUT2D eigenvalue weighted by Crippen LogP contribution is -2.38. The monoisotopic (exact) mass is 238 g/mol. The molecule has 2 heterocycles. The van der Waals surface area contributed by atoms with Crippen molar-refractivity contribution in [3.8, 4) is 0 Å². The Morgan fingerprint density at radius 2 is 1.94 bits per heavy atom. The Hall–Kier alpha value is -1.36. The third kappa shape index (κ3) is 1.43. The molecule has 0 N–H and O–H groups in total. The number of rotatable bonds is 1. The van der Waals surface area contributed by atoms with Crippen LogP contribution in [0.5, 0.6) is 0 Å². The molecule has 0 fully saturated rings. The quantitative estimate of drug-likeness (QED) is 0.758. The summed E-state index contributed by atoms with van der Waals surface area (Å²) in [4.78, 5) is 25.7. The molecule has 0 spiro atoms. The van der Waals surface area contributed by atoms with Gasteiger partial charge in [0, 0.05) is 18.0 Å². The van der Waals surface area contributed by atoms with Crippen LogP contribution < -0.4 is 11.2 Å². The lowest BCUT2D eigenvalue weighted by molar-refractivity contribution is 0.559. The summed E-state index contributed by atoms with van der Waals surface area (Å²) >= 11 is 1.49. The topological polar surface area (TPSA) is 44.0 Å². The second kappa shape index (κ2) is 3.59. The Morgan fingerprint density at radius 3 is 2.50 bits per heavy atom. The van der Waals surface area contributed by atoms with E-state index in [2.05, 4.69) is 0 Å². The standard InChI is InChI=1S/C11H14N2O2S/c1-6(2)13-10-8(5-7(3)16-10)9(14)12(4)11(13)15/h5-6H,1-4H3. The van der Waals surface area contributed by atoms with Gasteiger partial charge < -0.3 is 0 Å². The average Bonchev–Trinajstić information content (AvgIpc) is 2.56. The maximum absolute atomic E-state index is 12.0. The molecular formula is C11H14N2O2S. The zero-order chi connectivity index (χ0) is 12.0. The fourth-order valence-electron chi connectivity index (χ4n) is 1.81. The molecule has 0 bridgehead atoms. The van der Waals surface area contributed by atoms with Gasteiger partial charge >= 0.3 is 5.69 Å². The van der Waals surface area contributed by atoms with Crippen molar-refractivity contribution < 1.29 is 0 Å². The first-order valence-electron chi connectivity index (χ1n) is 5.15. The second-order valence-corrected chi connectivity index (χ2v) is 5.42. The molecular weight excluding hydrogens is 224 g/mol. The highest BCUT2D eigenvalue weighted by Crippen LogP contribution is 2.22. The minimum Gasteiger partial charge on any atom is -0.282 e. The van der Waals surface area contributed by atoms with Crippen LogP contribution in [0, 0.1) is 6.92 Å². The molecule has 2 aromatic rings. The van der Waals surface area contributed by atoms with Crippen molar-refractivity contribution in [3.05, 3.63) is 31.8 Å². The number of fused-ring (bicyclic) bond motifs is 1. The first-order chi connectivity index (χ1) is 7.43.